The highest BCUT2D eigenvalue weighted by molar-refractivity contribution is 7.89. The third kappa shape index (κ3) is 1.75. The van der Waals surface area contributed by atoms with E-state index < -0.39 is 16.0 Å². The fourth-order valence-electron chi connectivity index (χ4n) is 1.52. The molecule has 0 aliphatic rings. The maximum absolute atomic E-state index is 11.2. The van der Waals surface area contributed by atoms with E-state index >= 15 is 0 Å². The molecule has 6 nitrogen and oxygen atoms in total. The minimum Gasteiger partial charge on any atom is -0.478 e. The first-order valence-corrected chi connectivity index (χ1v) is 5.64. The molecule has 0 amide bonds. The van der Waals surface area contributed by atoms with Crippen molar-refractivity contribution in [1.29, 1.82) is 0 Å². The summed E-state index contributed by atoms with van der Waals surface area (Å²) >= 11 is 0. The molecule has 1 heterocycles. The van der Waals surface area contributed by atoms with Gasteiger partial charge in [0.15, 0.2) is 0 Å². The van der Waals surface area contributed by atoms with E-state index in [1.807, 2.05) is 0 Å². The molecule has 0 aliphatic heterocycles. The van der Waals surface area contributed by atoms with Crippen LogP contribution in [-0.2, 0) is 17.1 Å². The van der Waals surface area contributed by atoms with E-state index in [4.69, 9.17) is 10.2 Å². The lowest BCUT2D eigenvalue weighted by Crippen LogP contribution is -2.16. The number of aromatic nitrogens is 1. The number of nitrogens with zero attached hydrogens (tertiary/aromatic N) is 1. The Morgan fingerprint density at radius 3 is 2.07 bits per heavy atom. The maximum Gasteiger partial charge on any atom is 0.338 e. The molecular weight excluding hydrogens is 220 g/mol. The molecule has 1 aromatic rings. The first kappa shape index (κ1) is 11.7. The number of carboxylic acids is 1. The molecule has 0 fully saturated rings. The summed E-state index contributed by atoms with van der Waals surface area (Å²) in [6, 6.07) is 0. The predicted molar refractivity (Wildman–Crippen MR) is 53.2 cm³/mol. The van der Waals surface area contributed by atoms with Crippen molar-refractivity contribution in [2.75, 3.05) is 0 Å². The molecule has 15 heavy (non-hydrogen) atoms. The standard InChI is InChI=1S/C8H12N2O4S/c1-4-6(8(11)12)7(15(9,13)14)5(2)10(4)3/h1-3H3,(H,11,12)(H2,9,13,14). The zero-order valence-corrected chi connectivity index (χ0v) is 9.42. The van der Waals surface area contributed by atoms with E-state index in [0.29, 0.717) is 11.4 Å². The summed E-state index contributed by atoms with van der Waals surface area (Å²) in [4.78, 5) is 10.6. The Bertz CT molecular complexity index is 527. The van der Waals surface area contributed by atoms with Crippen LogP contribution in [0.5, 0.6) is 0 Å². The molecule has 0 saturated heterocycles. The highest BCUT2D eigenvalue weighted by atomic mass is 32.2. The molecule has 0 saturated carbocycles. The summed E-state index contributed by atoms with van der Waals surface area (Å²) in [5.74, 6) is -1.29. The Labute approximate surface area is 87.4 Å². The first-order chi connectivity index (χ1) is 6.68. The van der Waals surface area contributed by atoms with Crippen LogP contribution < -0.4 is 5.14 Å². The normalized spacial score (nSPS) is 11.7. The molecule has 7 heteroatoms. The zero-order chi connectivity index (χ0) is 12.0. The van der Waals surface area contributed by atoms with Crippen LogP contribution in [0.4, 0.5) is 0 Å². The van der Waals surface area contributed by atoms with Gasteiger partial charge in [-0.25, -0.2) is 18.4 Å². The maximum atomic E-state index is 11.2. The lowest BCUT2D eigenvalue weighted by atomic mass is 10.2. The third-order valence-corrected chi connectivity index (χ3v) is 3.49. The zero-order valence-electron chi connectivity index (χ0n) is 8.60. The minimum atomic E-state index is -4.01. The molecule has 1 rings (SSSR count). The van der Waals surface area contributed by atoms with Gasteiger partial charge in [-0.3, -0.25) is 0 Å². The molecule has 0 atom stereocenters. The van der Waals surface area contributed by atoms with E-state index in [2.05, 4.69) is 0 Å². The van der Waals surface area contributed by atoms with Gasteiger partial charge in [0.1, 0.15) is 10.5 Å². The molecule has 1 aromatic heterocycles. The van der Waals surface area contributed by atoms with Crippen LogP contribution in [0.25, 0.3) is 0 Å². The van der Waals surface area contributed by atoms with Crippen LogP contribution in [0.1, 0.15) is 21.7 Å². The molecule has 0 aliphatic carbocycles. The first-order valence-electron chi connectivity index (χ1n) is 4.10. The smallest absolute Gasteiger partial charge is 0.338 e. The second kappa shape index (κ2) is 3.35. The van der Waals surface area contributed by atoms with Gasteiger partial charge in [0.25, 0.3) is 0 Å². The van der Waals surface area contributed by atoms with E-state index in [-0.39, 0.29) is 10.5 Å². The monoisotopic (exact) mass is 232 g/mol. The molecule has 0 bridgehead atoms. The van der Waals surface area contributed by atoms with Crippen molar-refractivity contribution in [3.05, 3.63) is 17.0 Å². The Balaban J connectivity index is 3.79. The minimum absolute atomic E-state index is 0.252. The van der Waals surface area contributed by atoms with Crippen LogP contribution in [0.15, 0.2) is 4.90 Å². The molecule has 3 N–H and O–H groups in total. The fourth-order valence-corrected chi connectivity index (χ4v) is 2.59. The lowest BCUT2D eigenvalue weighted by molar-refractivity contribution is 0.0692. The van der Waals surface area contributed by atoms with Crippen molar-refractivity contribution in [2.24, 2.45) is 12.2 Å². The van der Waals surface area contributed by atoms with Crippen LogP contribution >= 0.6 is 0 Å². The summed E-state index contributed by atoms with van der Waals surface area (Å²) in [6.07, 6.45) is 0. The second-order valence-corrected chi connectivity index (χ2v) is 4.78. The highest BCUT2D eigenvalue weighted by Crippen LogP contribution is 2.24. The van der Waals surface area contributed by atoms with Crippen molar-refractivity contribution in [3.8, 4) is 0 Å². The number of carbonyl (C=O) groups is 1. The predicted octanol–water partition coefficient (Wildman–Crippen LogP) is -0.0125. The molecular formula is C8H12N2O4S. The molecule has 0 unspecified atom stereocenters. The Morgan fingerprint density at radius 1 is 1.33 bits per heavy atom. The van der Waals surface area contributed by atoms with Crippen molar-refractivity contribution in [3.63, 3.8) is 0 Å². The van der Waals surface area contributed by atoms with Gasteiger partial charge < -0.3 is 9.67 Å². The van der Waals surface area contributed by atoms with Crippen LogP contribution in [-0.4, -0.2) is 24.1 Å². The Kier molecular flexibility index (Phi) is 2.62. The molecule has 0 radical (unpaired) electrons. The van der Waals surface area contributed by atoms with E-state index in [1.165, 1.54) is 18.4 Å². The largest absolute Gasteiger partial charge is 0.478 e. The summed E-state index contributed by atoms with van der Waals surface area (Å²) in [7, 11) is -2.42. The van der Waals surface area contributed by atoms with Crippen LogP contribution in [0.2, 0.25) is 0 Å². The van der Waals surface area contributed by atoms with Crippen LogP contribution in [0, 0.1) is 13.8 Å². The Hall–Kier alpha value is -1.34. The second-order valence-electron chi connectivity index (χ2n) is 3.28. The van der Waals surface area contributed by atoms with Gasteiger partial charge in [0.05, 0.1) is 0 Å². The third-order valence-electron chi connectivity index (χ3n) is 2.42. The van der Waals surface area contributed by atoms with Gasteiger partial charge in [-0.05, 0) is 13.8 Å². The average molecular weight is 232 g/mol. The summed E-state index contributed by atoms with van der Waals surface area (Å²) in [6.45, 7) is 3.05. The number of carboxylic acid groups (broad SMARTS) is 1. The molecule has 0 aromatic carbocycles. The topological polar surface area (TPSA) is 102 Å². The van der Waals surface area contributed by atoms with E-state index in [1.54, 1.807) is 7.05 Å². The van der Waals surface area contributed by atoms with Gasteiger partial charge in [-0.1, -0.05) is 0 Å². The number of hydrogen-bond acceptors (Lipinski definition) is 3. The van der Waals surface area contributed by atoms with Gasteiger partial charge in [0.2, 0.25) is 10.0 Å². The van der Waals surface area contributed by atoms with Gasteiger partial charge >= 0.3 is 5.97 Å². The number of nitrogens with two attached hydrogens (primary N) is 1. The van der Waals surface area contributed by atoms with Gasteiger partial charge in [-0.15, -0.1) is 0 Å². The summed E-state index contributed by atoms with van der Waals surface area (Å²) in [5, 5.41) is 13.9. The van der Waals surface area contributed by atoms with E-state index in [0.717, 1.165) is 0 Å². The molecule has 0 spiro atoms. The van der Waals surface area contributed by atoms with Gasteiger partial charge in [0, 0.05) is 18.4 Å². The number of sulfonamides is 1. The van der Waals surface area contributed by atoms with E-state index in [9.17, 15) is 13.2 Å². The van der Waals surface area contributed by atoms with Gasteiger partial charge in [-0.2, -0.15) is 0 Å². The Morgan fingerprint density at radius 2 is 1.80 bits per heavy atom. The molecule has 84 valence electrons. The van der Waals surface area contributed by atoms with Crippen molar-refractivity contribution < 1.29 is 18.3 Å². The highest BCUT2D eigenvalue weighted by Gasteiger charge is 2.27. The number of rotatable bonds is 2. The lowest BCUT2D eigenvalue weighted by Gasteiger charge is -1.99. The SMILES string of the molecule is Cc1c(C(=O)O)c(S(N)(=O)=O)c(C)n1C. The number of aromatic carboxylic acids is 1. The van der Waals surface area contributed by atoms with Crippen LogP contribution in [0.3, 0.4) is 0 Å². The van der Waals surface area contributed by atoms with Crippen molar-refractivity contribution >= 4 is 16.0 Å². The average Bonchev–Trinajstić information content (AvgIpc) is 2.28. The summed E-state index contributed by atoms with van der Waals surface area (Å²) < 4.78 is 24.0. The number of primary sulfonamides is 1. The van der Waals surface area contributed by atoms with Crippen molar-refractivity contribution in [1.82, 2.24) is 4.57 Å². The summed E-state index contributed by atoms with van der Waals surface area (Å²) in [5.41, 5.74) is 0.439. The fraction of sp³-hybridized carbons (Fsp3) is 0.375. The number of hydrogen-bond donors (Lipinski definition) is 2. The van der Waals surface area contributed by atoms with Crippen molar-refractivity contribution in [2.45, 2.75) is 18.7 Å². The quantitative estimate of drug-likeness (QED) is 0.748.